The summed E-state index contributed by atoms with van der Waals surface area (Å²) in [6.07, 6.45) is 6.96. The molecule has 2 N–H and O–H groups in total. The first-order valence-electron chi connectivity index (χ1n) is 9.86. The van der Waals surface area contributed by atoms with Gasteiger partial charge in [-0.15, -0.1) is 0 Å². The van der Waals surface area contributed by atoms with Crippen LogP contribution in [0, 0.1) is 0 Å². The number of carbonyl (C=O) groups is 1. The van der Waals surface area contributed by atoms with Crippen LogP contribution < -0.4 is 20.3 Å². The highest BCUT2D eigenvalue weighted by atomic mass is 32.1. The van der Waals surface area contributed by atoms with Crippen LogP contribution in [0.4, 0.5) is 11.4 Å². The first kappa shape index (κ1) is 20.9. The quantitative estimate of drug-likeness (QED) is 0.558. The maximum atomic E-state index is 12.1. The second kappa shape index (κ2) is 10.1. The third-order valence-corrected chi connectivity index (χ3v) is 5.24. The molecule has 1 amide bonds. The number of thiocarbonyl (C=S) groups is 1. The fourth-order valence-corrected chi connectivity index (χ4v) is 3.64. The molecule has 1 saturated heterocycles. The average Bonchev–Trinajstić information content (AvgIpc) is 2.73. The van der Waals surface area contributed by atoms with E-state index in [0.717, 1.165) is 23.5 Å². The van der Waals surface area contributed by atoms with Crippen molar-refractivity contribution >= 4 is 40.7 Å². The zero-order valence-corrected chi connectivity index (χ0v) is 17.7. The summed E-state index contributed by atoms with van der Waals surface area (Å²) < 4.78 is 5.12. The van der Waals surface area contributed by atoms with Crippen molar-refractivity contribution in [1.82, 2.24) is 5.32 Å². The highest BCUT2D eigenvalue weighted by Crippen LogP contribution is 2.25. The Morgan fingerprint density at radius 1 is 1.14 bits per heavy atom. The van der Waals surface area contributed by atoms with E-state index < -0.39 is 0 Å². The first-order valence-corrected chi connectivity index (χ1v) is 10.3. The summed E-state index contributed by atoms with van der Waals surface area (Å²) in [5.41, 5.74) is 2.98. The van der Waals surface area contributed by atoms with Gasteiger partial charge in [0.2, 0.25) is 5.91 Å². The summed E-state index contributed by atoms with van der Waals surface area (Å²) in [6, 6.07) is 16.2. The zero-order valence-electron chi connectivity index (χ0n) is 16.9. The lowest BCUT2D eigenvalue weighted by Crippen LogP contribution is -2.37. The van der Waals surface area contributed by atoms with Crippen LogP contribution >= 0.6 is 12.2 Å². The molecule has 1 fully saturated rings. The lowest BCUT2D eigenvalue weighted by molar-refractivity contribution is -0.115. The molecule has 0 radical (unpaired) electrons. The second-order valence-corrected chi connectivity index (χ2v) is 7.54. The van der Waals surface area contributed by atoms with Crippen LogP contribution in [-0.2, 0) is 4.79 Å². The van der Waals surface area contributed by atoms with Crippen molar-refractivity contribution in [2.75, 3.05) is 23.9 Å². The van der Waals surface area contributed by atoms with Crippen LogP contribution in [0.1, 0.15) is 31.7 Å². The van der Waals surface area contributed by atoms with Crippen molar-refractivity contribution in [3.05, 3.63) is 60.2 Å². The smallest absolute Gasteiger partial charge is 0.250 e. The fraction of sp³-hybridized carbons (Fsp3) is 0.304. The summed E-state index contributed by atoms with van der Waals surface area (Å²) >= 11 is 5.25. The largest absolute Gasteiger partial charge is 0.497 e. The molecule has 5 nitrogen and oxygen atoms in total. The van der Waals surface area contributed by atoms with Gasteiger partial charge in [-0.25, -0.2) is 0 Å². The Balaban J connectivity index is 1.50. The Hall–Kier alpha value is -2.86. The van der Waals surface area contributed by atoms with Gasteiger partial charge in [0.05, 0.1) is 7.11 Å². The molecular formula is C23H27N3O2S. The minimum absolute atomic E-state index is 0.272. The van der Waals surface area contributed by atoms with E-state index in [1.54, 1.807) is 13.2 Å². The van der Waals surface area contributed by atoms with Crippen LogP contribution in [0.2, 0.25) is 0 Å². The molecule has 0 bridgehead atoms. The van der Waals surface area contributed by atoms with E-state index in [0.29, 0.717) is 6.04 Å². The Morgan fingerprint density at radius 2 is 1.86 bits per heavy atom. The van der Waals surface area contributed by atoms with E-state index in [4.69, 9.17) is 17.0 Å². The fourth-order valence-electron chi connectivity index (χ4n) is 3.42. The first-order chi connectivity index (χ1) is 14.0. The highest BCUT2D eigenvalue weighted by molar-refractivity contribution is 7.80. The minimum atomic E-state index is -0.280. The topological polar surface area (TPSA) is 53.6 Å². The third-order valence-electron chi connectivity index (χ3n) is 5.04. The Morgan fingerprint density at radius 3 is 2.52 bits per heavy atom. The Labute approximate surface area is 177 Å². The maximum absolute atomic E-state index is 12.1. The van der Waals surface area contributed by atoms with Gasteiger partial charge < -0.3 is 15.0 Å². The number of nitrogens with zero attached hydrogens (tertiary/aromatic N) is 1. The maximum Gasteiger partial charge on any atom is 0.250 e. The van der Waals surface area contributed by atoms with Crippen molar-refractivity contribution in [3.63, 3.8) is 0 Å². The zero-order chi connectivity index (χ0) is 20.6. The third kappa shape index (κ3) is 6.06. The Kier molecular flexibility index (Phi) is 7.25. The van der Waals surface area contributed by atoms with E-state index >= 15 is 0 Å². The number of amides is 1. The predicted molar refractivity (Wildman–Crippen MR) is 123 cm³/mol. The van der Waals surface area contributed by atoms with Gasteiger partial charge in [0.1, 0.15) is 5.75 Å². The number of ether oxygens (including phenoxy) is 1. The number of anilines is 2. The molecule has 0 aliphatic carbocycles. The van der Waals surface area contributed by atoms with E-state index in [9.17, 15) is 4.79 Å². The van der Waals surface area contributed by atoms with Crippen LogP contribution in [0.15, 0.2) is 54.6 Å². The molecule has 1 unspecified atom stereocenters. The Bertz CT molecular complexity index is 863. The average molecular weight is 410 g/mol. The standard InChI is InChI=1S/C23H27N3O2S/c1-17-5-3-4-16-26(17)20-11-9-19(10-12-20)24-23(29)25-22(27)15-8-18-6-13-21(28-2)14-7-18/h6-15,17H,3-5,16H2,1-2H3,(H2,24,25,27,29)/b15-8+. The summed E-state index contributed by atoms with van der Waals surface area (Å²) in [5, 5.41) is 6.00. The number of piperidine rings is 1. The van der Waals surface area contributed by atoms with Crippen LogP contribution in [-0.4, -0.2) is 30.7 Å². The number of nitrogens with one attached hydrogen (secondary N) is 2. The number of carbonyl (C=O) groups excluding carboxylic acids is 1. The van der Waals surface area contributed by atoms with Crippen molar-refractivity contribution < 1.29 is 9.53 Å². The molecular weight excluding hydrogens is 382 g/mol. The van der Waals surface area contributed by atoms with Gasteiger partial charge >= 0.3 is 0 Å². The van der Waals surface area contributed by atoms with E-state index in [-0.39, 0.29) is 11.0 Å². The van der Waals surface area contributed by atoms with Gasteiger partial charge in [-0.05, 0) is 86.4 Å². The monoisotopic (exact) mass is 409 g/mol. The molecule has 29 heavy (non-hydrogen) atoms. The molecule has 1 aliphatic rings. The summed E-state index contributed by atoms with van der Waals surface area (Å²) in [7, 11) is 1.62. The number of rotatable bonds is 5. The SMILES string of the molecule is COc1ccc(/C=C/C(=O)NC(=S)Nc2ccc(N3CCCCC3C)cc2)cc1. The molecule has 2 aromatic rings. The molecule has 0 spiro atoms. The molecule has 1 heterocycles. The number of methoxy groups -OCH3 is 1. The highest BCUT2D eigenvalue weighted by Gasteiger charge is 2.18. The molecule has 0 saturated carbocycles. The van der Waals surface area contributed by atoms with Crippen LogP contribution in [0.5, 0.6) is 5.75 Å². The van der Waals surface area contributed by atoms with Crippen molar-refractivity contribution in [3.8, 4) is 5.75 Å². The molecule has 2 aromatic carbocycles. The summed E-state index contributed by atoms with van der Waals surface area (Å²) in [6.45, 7) is 3.37. The van der Waals surface area contributed by atoms with Gasteiger partial charge in [0.15, 0.2) is 5.11 Å². The van der Waals surface area contributed by atoms with Gasteiger partial charge in [-0.1, -0.05) is 12.1 Å². The molecule has 3 rings (SSSR count). The molecule has 1 atom stereocenters. The van der Waals surface area contributed by atoms with Gasteiger partial charge in [0, 0.05) is 30.0 Å². The predicted octanol–water partition coefficient (Wildman–Crippen LogP) is 4.60. The van der Waals surface area contributed by atoms with E-state index in [1.807, 2.05) is 36.4 Å². The number of hydrogen-bond acceptors (Lipinski definition) is 4. The van der Waals surface area contributed by atoms with Gasteiger partial charge in [0.25, 0.3) is 0 Å². The van der Waals surface area contributed by atoms with Crippen molar-refractivity contribution in [1.29, 1.82) is 0 Å². The van der Waals surface area contributed by atoms with Crippen molar-refractivity contribution in [2.45, 2.75) is 32.2 Å². The van der Waals surface area contributed by atoms with Gasteiger partial charge in [-0.2, -0.15) is 0 Å². The van der Waals surface area contributed by atoms with Gasteiger partial charge in [-0.3, -0.25) is 10.1 Å². The second-order valence-electron chi connectivity index (χ2n) is 7.13. The number of hydrogen-bond donors (Lipinski definition) is 2. The summed E-state index contributed by atoms with van der Waals surface area (Å²) in [5.74, 6) is 0.495. The molecule has 152 valence electrons. The lowest BCUT2D eigenvalue weighted by atomic mass is 10.0. The number of benzene rings is 2. The van der Waals surface area contributed by atoms with Crippen molar-refractivity contribution in [2.24, 2.45) is 0 Å². The van der Waals surface area contributed by atoms with E-state index in [2.05, 4.69) is 34.6 Å². The minimum Gasteiger partial charge on any atom is -0.497 e. The molecule has 6 heteroatoms. The normalized spacial score (nSPS) is 16.5. The molecule has 0 aromatic heterocycles. The molecule has 1 aliphatic heterocycles. The van der Waals surface area contributed by atoms with Crippen LogP contribution in [0.25, 0.3) is 6.08 Å². The summed E-state index contributed by atoms with van der Waals surface area (Å²) in [4.78, 5) is 14.5. The van der Waals surface area contributed by atoms with Crippen LogP contribution in [0.3, 0.4) is 0 Å². The van der Waals surface area contributed by atoms with E-state index in [1.165, 1.54) is 31.0 Å². The lowest BCUT2D eigenvalue weighted by Gasteiger charge is -2.35.